The second-order valence-electron chi connectivity index (χ2n) is 9.37. The van der Waals surface area contributed by atoms with Crippen LogP contribution in [-0.2, 0) is 11.3 Å². The Bertz CT molecular complexity index is 1370. The van der Waals surface area contributed by atoms with Gasteiger partial charge in [0.1, 0.15) is 20.2 Å². The summed E-state index contributed by atoms with van der Waals surface area (Å²) in [6.07, 6.45) is 1.06. The Labute approximate surface area is 217 Å². The van der Waals surface area contributed by atoms with E-state index in [0.29, 0.717) is 44.7 Å². The molecule has 0 bridgehead atoms. The molecule has 0 spiro atoms. The Morgan fingerprint density at radius 1 is 1.34 bits per heavy atom. The van der Waals surface area contributed by atoms with E-state index in [1.165, 1.54) is 0 Å². The molecule has 8 nitrogen and oxygen atoms in total. The second kappa shape index (κ2) is 10.1. The van der Waals surface area contributed by atoms with Gasteiger partial charge in [-0.25, -0.2) is 9.78 Å². The first-order valence-corrected chi connectivity index (χ1v) is 12.8. The van der Waals surface area contributed by atoms with Gasteiger partial charge in [0, 0.05) is 19.1 Å². The Balaban J connectivity index is 1.73. The summed E-state index contributed by atoms with van der Waals surface area (Å²) in [6, 6.07) is 9.13. The number of rotatable bonds is 4. The van der Waals surface area contributed by atoms with E-state index in [4.69, 9.17) is 32.9 Å². The van der Waals surface area contributed by atoms with Crippen molar-refractivity contribution in [1.29, 1.82) is 5.26 Å². The maximum Gasteiger partial charge on any atom is 0.407 e. The van der Waals surface area contributed by atoms with Crippen molar-refractivity contribution in [2.45, 2.75) is 51.8 Å². The number of hydrogen-bond donors (Lipinski definition) is 1. The minimum atomic E-state index is -0.603. The number of carbonyl (C=O) groups is 1. The normalized spacial score (nSPS) is 16.2. The number of nitrogens with zero attached hydrogens (tertiary/aromatic N) is 4. The fraction of sp³-hybridized carbons (Fsp3) is 0.417. The number of ether oxygens (including phenoxy) is 1. The summed E-state index contributed by atoms with van der Waals surface area (Å²) in [6.45, 7) is 6.67. The number of nitrogens with one attached hydrogen (secondary N) is 1. The third-order valence-electron chi connectivity index (χ3n) is 5.57. The van der Waals surface area contributed by atoms with Gasteiger partial charge in [-0.05, 0) is 45.2 Å². The van der Waals surface area contributed by atoms with Crippen molar-refractivity contribution >= 4 is 56.8 Å². The van der Waals surface area contributed by atoms with Gasteiger partial charge in [-0.15, -0.1) is 11.3 Å². The number of hydrogen-bond acceptors (Lipinski definition) is 7. The first-order chi connectivity index (χ1) is 16.6. The fourth-order valence-electron chi connectivity index (χ4n) is 4.07. The summed E-state index contributed by atoms with van der Waals surface area (Å²) in [7, 11) is 0. The van der Waals surface area contributed by atoms with Crippen molar-refractivity contribution in [3.05, 3.63) is 55.1 Å². The predicted octanol–water partition coefficient (Wildman–Crippen LogP) is 5.18. The van der Waals surface area contributed by atoms with E-state index in [1.807, 2.05) is 37.8 Å². The van der Waals surface area contributed by atoms with E-state index < -0.39 is 11.7 Å². The maximum atomic E-state index is 13.6. The van der Waals surface area contributed by atoms with Crippen molar-refractivity contribution in [2.75, 3.05) is 18.0 Å². The molecule has 1 aromatic carbocycles. The van der Waals surface area contributed by atoms with Gasteiger partial charge in [0.05, 0.1) is 23.2 Å². The highest BCUT2D eigenvalue weighted by molar-refractivity contribution is 7.23. The molecule has 184 valence electrons. The van der Waals surface area contributed by atoms with Gasteiger partial charge in [-0.2, -0.15) is 5.26 Å². The number of anilines is 1. The van der Waals surface area contributed by atoms with Crippen molar-refractivity contribution in [3.63, 3.8) is 0 Å². The topological polar surface area (TPSA) is 100 Å². The fourth-order valence-corrected chi connectivity index (χ4v) is 5.50. The molecule has 3 aromatic rings. The Kier molecular flexibility index (Phi) is 7.27. The monoisotopic (exact) mass is 533 g/mol. The first-order valence-electron chi connectivity index (χ1n) is 11.2. The molecule has 0 saturated carbocycles. The maximum absolute atomic E-state index is 13.6. The van der Waals surface area contributed by atoms with Gasteiger partial charge in [-0.1, -0.05) is 41.4 Å². The third-order valence-corrected chi connectivity index (χ3v) is 7.52. The standard InChI is InChI=1S/C24H25Cl2N5O3S/c1-24(2,3)34-23(33)28-16-9-6-10-30(13-16)22-29-18-17(25)20(26)35-19(18)21(32)31(22)12-15-8-5-4-7-14(15)11-27/h4-5,7-8,16H,6,9-10,12-13H2,1-3H3,(H,28,33)/t16-/m0/s1. The molecule has 0 unspecified atom stereocenters. The van der Waals surface area contributed by atoms with Crippen LogP contribution in [0.5, 0.6) is 0 Å². The van der Waals surface area contributed by atoms with E-state index in [2.05, 4.69) is 11.4 Å². The Hall–Kier alpha value is -2.80. The molecule has 1 N–H and O–H groups in total. The van der Waals surface area contributed by atoms with Gasteiger partial charge in [0.2, 0.25) is 5.95 Å². The summed E-state index contributed by atoms with van der Waals surface area (Å²) in [5.41, 5.74) is 0.659. The van der Waals surface area contributed by atoms with Gasteiger partial charge in [0.15, 0.2) is 0 Å². The Morgan fingerprint density at radius 3 is 2.80 bits per heavy atom. The molecule has 1 atom stereocenters. The number of amides is 1. The highest BCUT2D eigenvalue weighted by Crippen LogP contribution is 2.37. The first kappa shape index (κ1) is 25.3. The molecule has 1 fully saturated rings. The van der Waals surface area contributed by atoms with E-state index >= 15 is 0 Å². The third kappa shape index (κ3) is 5.56. The zero-order valence-electron chi connectivity index (χ0n) is 19.6. The zero-order valence-corrected chi connectivity index (χ0v) is 21.9. The van der Waals surface area contributed by atoms with Gasteiger partial charge >= 0.3 is 6.09 Å². The number of halogens is 2. The minimum Gasteiger partial charge on any atom is -0.444 e. The largest absolute Gasteiger partial charge is 0.444 e. The molecule has 4 rings (SSSR count). The van der Waals surface area contributed by atoms with Crippen LogP contribution in [0.1, 0.15) is 44.7 Å². The highest BCUT2D eigenvalue weighted by Gasteiger charge is 2.28. The van der Waals surface area contributed by atoms with E-state index in [-0.39, 0.29) is 23.2 Å². The molecular formula is C24H25Cl2N5O3S. The molecular weight excluding hydrogens is 509 g/mol. The summed E-state index contributed by atoms with van der Waals surface area (Å²) in [4.78, 5) is 32.7. The van der Waals surface area contributed by atoms with Crippen molar-refractivity contribution < 1.29 is 9.53 Å². The molecule has 0 aliphatic carbocycles. The SMILES string of the molecule is CC(C)(C)OC(=O)N[C@H]1CCCN(c2nc3c(Cl)c(Cl)sc3c(=O)n2Cc2ccccc2C#N)C1. The molecule has 1 aliphatic heterocycles. The number of fused-ring (bicyclic) bond motifs is 1. The van der Waals surface area contributed by atoms with Crippen LogP contribution in [-0.4, -0.2) is 40.4 Å². The smallest absolute Gasteiger partial charge is 0.407 e. The van der Waals surface area contributed by atoms with Crippen LogP contribution < -0.4 is 15.8 Å². The number of benzene rings is 1. The summed E-state index contributed by atoms with van der Waals surface area (Å²) < 4.78 is 7.62. The molecule has 35 heavy (non-hydrogen) atoms. The minimum absolute atomic E-state index is 0.161. The van der Waals surface area contributed by atoms with Crippen molar-refractivity contribution in [2.24, 2.45) is 0 Å². The van der Waals surface area contributed by atoms with Crippen LogP contribution in [0.2, 0.25) is 9.36 Å². The molecule has 2 aromatic heterocycles. The van der Waals surface area contributed by atoms with Gasteiger partial charge < -0.3 is 15.0 Å². The molecule has 11 heteroatoms. The number of thiophene rings is 1. The number of aromatic nitrogens is 2. The van der Waals surface area contributed by atoms with E-state index in [1.54, 1.807) is 16.7 Å². The average Bonchev–Trinajstić information content (AvgIpc) is 3.08. The number of piperidine rings is 1. The summed E-state index contributed by atoms with van der Waals surface area (Å²) in [5.74, 6) is 0.419. The second-order valence-corrected chi connectivity index (χ2v) is 11.4. The lowest BCUT2D eigenvalue weighted by Gasteiger charge is -2.35. The predicted molar refractivity (Wildman–Crippen MR) is 139 cm³/mol. The lowest BCUT2D eigenvalue weighted by molar-refractivity contribution is 0.0499. The Morgan fingerprint density at radius 2 is 2.09 bits per heavy atom. The highest BCUT2D eigenvalue weighted by atomic mass is 35.5. The van der Waals surface area contributed by atoms with Crippen LogP contribution in [0.4, 0.5) is 10.7 Å². The molecule has 0 radical (unpaired) electrons. The molecule has 3 heterocycles. The average molecular weight is 534 g/mol. The van der Waals surface area contributed by atoms with E-state index in [0.717, 1.165) is 24.2 Å². The lowest BCUT2D eigenvalue weighted by atomic mass is 10.1. The summed E-state index contributed by atoms with van der Waals surface area (Å²) >= 11 is 13.7. The quantitative estimate of drug-likeness (QED) is 0.495. The van der Waals surface area contributed by atoms with Crippen LogP contribution in [0.3, 0.4) is 0 Å². The lowest BCUT2D eigenvalue weighted by Crippen LogP contribution is -2.50. The number of alkyl carbamates (subject to hydrolysis) is 1. The number of nitriles is 1. The van der Waals surface area contributed by atoms with Gasteiger partial charge in [-0.3, -0.25) is 9.36 Å². The van der Waals surface area contributed by atoms with Crippen LogP contribution in [0.25, 0.3) is 10.2 Å². The summed E-state index contributed by atoms with van der Waals surface area (Å²) in [5, 5.41) is 12.7. The number of carbonyl (C=O) groups excluding carboxylic acids is 1. The van der Waals surface area contributed by atoms with Crippen LogP contribution >= 0.6 is 34.5 Å². The van der Waals surface area contributed by atoms with Gasteiger partial charge in [0.25, 0.3) is 5.56 Å². The molecule has 1 saturated heterocycles. The molecule has 1 aliphatic rings. The molecule has 1 amide bonds. The van der Waals surface area contributed by atoms with Crippen molar-refractivity contribution in [3.8, 4) is 6.07 Å². The van der Waals surface area contributed by atoms with Crippen LogP contribution in [0.15, 0.2) is 29.1 Å². The van der Waals surface area contributed by atoms with Crippen LogP contribution in [0, 0.1) is 11.3 Å². The zero-order chi connectivity index (χ0) is 25.3. The van der Waals surface area contributed by atoms with Crippen molar-refractivity contribution in [1.82, 2.24) is 14.9 Å². The van der Waals surface area contributed by atoms with E-state index in [9.17, 15) is 14.9 Å².